The molecular formula is C25H22ClN3O6S. The number of nitrogens with one attached hydrogen (secondary N) is 2. The molecule has 36 heavy (non-hydrogen) atoms. The monoisotopic (exact) mass is 527 g/mol. The molecule has 0 bridgehead atoms. The Morgan fingerprint density at radius 2 is 1.83 bits per heavy atom. The van der Waals surface area contributed by atoms with Crippen LogP contribution >= 0.6 is 23.4 Å². The Hall–Kier alpha value is -3.81. The smallest absolute Gasteiger partial charge is 0.337 e. The SMILES string of the molecule is COC(=O)c1ccc([C@@H]2C(C#N)=C(SCC(=O)Nc3cccc(Cl)c3C)NC(=O)[C@@H]2C(=O)OC)cc1. The molecule has 2 aromatic rings. The molecule has 2 aromatic carbocycles. The number of carbonyl (C=O) groups excluding carboxylic acids is 4. The van der Waals surface area contributed by atoms with Crippen molar-refractivity contribution in [3.8, 4) is 6.07 Å². The van der Waals surface area contributed by atoms with E-state index >= 15 is 0 Å². The Bertz CT molecular complexity index is 1290. The number of carbonyl (C=O) groups is 4. The normalized spacial score (nSPS) is 17.0. The summed E-state index contributed by atoms with van der Waals surface area (Å²) in [5, 5.41) is 16.0. The van der Waals surface area contributed by atoms with E-state index in [0.717, 1.165) is 18.9 Å². The molecule has 0 aliphatic carbocycles. The summed E-state index contributed by atoms with van der Waals surface area (Å²) < 4.78 is 9.52. The fourth-order valence-electron chi connectivity index (χ4n) is 3.69. The lowest BCUT2D eigenvalue weighted by atomic mass is 9.78. The van der Waals surface area contributed by atoms with Crippen LogP contribution in [0.2, 0.25) is 5.02 Å². The summed E-state index contributed by atoms with van der Waals surface area (Å²) in [5.74, 6) is -4.86. The number of esters is 2. The van der Waals surface area contributed by atoms with Crippen LogP contribution in [0.1, 0.15) is 27.4 Å². The zero-order valence-electron chi connectivity index (χ0n) is 19.6. The van der Waals surface area contributed by atoms with Gasteiger partial charge >= 0.3 is 11.9 Å². The predicted molar refractivity (Wildman–Crippen MR) is 134 cm³/mol. The number of rotatable bonds is 7. The van der Waals surface area contributed by atoms with E-state index in [1.165, 1.54) is 19.2 Å². The zero-order valence-corrected chi connectivity index (χ0v) is 21.2. The molecule has 0 saturated heterocycles. The number of methoxy groups -OCH3 is 2. The number of nitrogens with zero attached hydrogens (tertiary/aromatic N) is 1. The van der Waals surface area contributed by atoms with Gasteiger partial charge in [-0.25, -0.2) is 4.79 Å². The molecular weight excluding hydrogens is 506 g/mol. The van der Waals surface area contributed by atoms with Crippen molar-refractivity contribution in [3.05, 3.63) is 74.8 Å². The van der Waals surface area contributed by atoms with E-state index in [1.54, 1.807) is 37.3 Å². The van der Waals surface area contributed by atoms with Crippen LogP contribution in [0, 0.1) is 24.2 Å². The van der Waals surface area contributed by atoms with Gasteiger partial charge in [0.1, 0.15) is 5.92 Å². The Balaban J connectivity index is 1.92. The molecule has 0 fully saturated rings. The number of benzene rings is 2. The third-order valence-corrected chi connectivity index (χ3v) is 6.99. The maximum absolute atomic E-state index is 12.9. The van der Waals surface area contributed by atoms with Crippen LogP contribution in [-0.2, 0) is 23.9 Å². The summed E-state index contributed by atoms with van der Waals surface area (Å²) in [7, 11) is 2.40. The van der Waals surface area contributed by atoms with Crippen molar-refractivity contribution in [2.45, 2.75) is 12.8 Å². The van der Waals surface area contributed by atoms with Crippen LogP contribution in [0.4, 0.5) is 5.69 Å². The fourth-order valence-corrected chi connectivity index (χ4v) is 4.71. The number of thioether (sulfide) groups is 1. The lowest BCUT2D eigenvalue weighted by Crippen LogP contribution is -2.44. The Kier molecular flexibility index (Phi) is 8.74. The molecule has 2 N–H and O–H groups in total. The van der Waals surface area contributed by atoms with Gasteiger partial charge in [-0.1, -0.05) is 41.6 Å². The number of anilines is 1. The average molecular weight is 528 g/mol. The van der Waals surface area contributed by atoms with Gasteiger partial charge in [0.25, 0.3) is 0 Å². The van der Waals surface area contributed by atoms with Crippen molar-refractivity contribution in [3.63, 3.8) is 0 Å². The lowest BCUT2D eigenvalue weighted by molar-refractivity contribution is -0.150. The first-order chi connectivity index (χ1) is 17.2. The van der Waals surface area contributed by atoms with Crippen LogP contribution in [0.15, 0.2) is 53.1 Å². The van der Waals surface area contributed by atoms with E-state index in [2.05, 4.69) is 16.7 Å². The Morgan fingerprint density at radius 3 is 2.44 bits per heavy atom. The average Bonchev–Trinajstić information content (AvgIpc) is 2.88. The summed E-state index contributed by atoms with van der Waals surface area (Å²) in [6.07, 6.45) is 0. The molecule has 1 heterocycles. The van der Waals surface area contributed by atoms with Crippen LogP contribution in [0.25, 0.3) is 0 Å². The lowest BCUT2D eigenvalue weighted by Gasteiger charge is -2.31. The number of hydrogen-bond acceptors (Lipinski definition) is 8. The highest BCUT2D eigenvalue weighted by molar-refractivity contribution is 8.03. The van der Waals surface area contributed by atoms with Gasteiger partial charge in [-0.3, -0.25) is 14.4 Å². The van der Waals surface area contributed by atoms with Crippen LogP contribution in [0.3, 0.4) is 0 Å². The standard InChI is InChI=1S/C25H22ClN3O6S/c1-13-17(26)5-4-6-18(13)28-19(30)12-36-23-16(11-27)20(21(22(31)29-23)25(33)35-3)14-7-9-15(10-8-14)24(32)34-2/h4-10,20-21H,12H2,1-3H3,(H,28,30)(H,29,31)/t20-,21-/m1/s1. The Labute approximate surface area is 216 Å². The van der Waals surface area contributed by atoms with Crippen LogP contribution in [0.5, 0.6) is 0 Å². The second kappa shape index (κ2) is 11.7. The van der Waals surface area contributed by atoms with Crippen LogP contribution < -0.4 is 10.6 Å². The van der Waals surface area contributed by atoms with E-state index in [4.69, 9.17) is 21.1 Å². The summed E-state index contributed by atoms with van der Waals surface area (Å²) in [4.78, 5) is 49.8. The van der Waals surface area contributed by atoms with Gasteiger partial charge < -0.3 is 20.1 Å². The number of ether oxygens (including phenoxy) is 2. The van der Waals surface area contributed by atoms with E-state index in [0.29, 0.717) is 21.8 Å². The van der Waals surface area contributed by atoms with Gasteiger partial charge in [-0.05, 0) is 42.3 Å². The van der Waals surface area contributed by atoms with E-state index < -0.39 is 29.7 Å². The molecule has 3 rings (SSSR count). The quantitative estimate of drug-likeness (QED) is 0.412. The molecule has 0 saturated carbocycles. The van der Waals surface area contributed by atoms with E-state index in [1.807, 2.05) is 0 Å². The maximum atomic E-state index is 12.9. The third kappa shape index (κ3) is 5.70. The van der Waals surface area contributed by atoms with Crippen molar-refractivity contribution >= 4 is 52.8 Å². The molecule has 186 valence electrons. The topological polar surface area (TPSA) is 135 Å². The number of allylic oxidation sites excluding steroid dienone is 1. The maximum Gasteiger partial charge on any atom is 0.337 e. The molecule has 0 unspecified atom stereocenters. The largest absolute Gasteiger partial charge is 0.468 e. The van der Waals surface area contributed by atoms with Crippen molar-refractivity contribution < 1.29 is 28.7 Å². The van der Waals surface area contributed by atoms with Gasteiger partial charge in [0.2, 0.25) is 11.8 Å². The molecule has 1 aliphatic rings. The predicted octanol–water partition coefficient (Wildman–Crippen LogP) is 3.54. The number of nitriles is 1. The minimum atomic E-state index is -1.33. The number of amides is 2. The first kappa shape index (κ1) is 26.8. The van der Waals surface area contributed by atoms with Crippen molar-refractivity contribution in [1.82, 2.24) is 5.32 Å². The van der Waals surface area contributed by atoms with E-state index in [9.17, 15) is 24.4 Å². The summed E-state index contributed by atoms with van der Waals surface area (Å²) in [6, 6.07) is 13.2. The summed E-state index contributed by atoms with van der Waals surface area (Å²) in [5.41, 5.74) is 2.05. The fraction of sp³-hybridized carbons (Fsp3) is 0.240. The minimum absolute atomic E-state index is 0.0903. The zero-order chi connectivity index (χ0) is 26.4. The molecule has 1 aliphatic heterocycles. The minimum Gasteiger partial charge on any atom is -0.468 e. The van der Waals surface area contributed by atoms with Crippen molar-refractivity contribution in [1.29, 1.82) is 5.26 Å². The molecule has 0 radical (unpaired) electrons. The van der Waals surface area contributed by atoms with Crippen LogP contribution in [-0.4, -0.2) is 43.7 Å². The van der Waals surface area contributed by atoms with Gasteiger partial charge in [-0.2, -0.15) is 5.26 Å². The summed E-state index contributed by atoms with van der Waals surface area (Å²) >= 11 is 7.06. The van der Waals surface area contributed by atoms with Gasteiger partial charge in [0.15, 0.2) is 0 Å². The van der Waals surface area contributed by atoms with Crippen molar-refractivity contribution in [2.75, 3.05) is 25.3 Å². The molecule has 2 amide bonds. The molecule has 0 aromatic heterocycles. The Morgan fingerprint density at radius 1 is 1.14 bits per heavy atom. The van der Waals surface area contributed by atoms with Gasteiger partial charge in [-0.15, -0.1) is 0 Å². The van der Waals surface area contributed by atoms with Crippen molar-refractivity contribution in [2.24, 2.45) is 5.92 Å². The first-order valence-electron chi connectivity index (χ1n) is 10.6. The number of halogens is 1. The molecule has 11 heteroatoms. The molecule has 0 spiro atoms. The third-order valence-electron chi connectivity index (χ3n) is 5.56. The molecule has 9 nitrogen and oxygen atoms in total. The molecule has 2 atom stereocenters. The highest BCUT2D eigenvalue weighted by atomic mass is 35.5. The highest BCUT2D eigenvalue weighted by Gasteiger charge is 2.44. The first-order valence-corrected chi connectivity index (χ1v) is 12.0. The van der Waals surface area contributed by atoms with Gasteiger partial charge in [0, 0.05) is 16.6 Å². The number of hydrogen-bond donors (Lipinski definition) is 2. The second-order valence-electron chi connectivity index (χ2n) is 7.69. The highest BCUT2D eigenvalue weighted by Crippen LogP contribution is 2.40. The summed E-state index contributed by atoms with van der Waals surface area (Å²) in [6.45, 7) is 1.77. The van der Waals surface area contributed by atoms with E-state index in [-0.39, 0.29) is 27.8 Å². The van der Waals surface area contributed by atoms with Gasteiger partial charge in [0.05, 0.1) is 42.2 Å². The second-order valence-corrected chi connectivity index (χ2v) is 9.08.